The molecule has 5 nitrogen and oxygen atoms in total. The summed E-state index contributed by atoms with van der Waals surface area (Å²) >= 11 is 0. The Balaban J connectivity index is 1.68. The van der Waals surface area contributed by atoms with Crippen molar-refractivity contribution in [1.82, 2.24) is 14.5 Å². The molecule has 2 aliphatic heterocycles. The van der Waals surface area contributed by atoms with Crippen molar-refractivity contribution in [2.45, 2.75) is 57.3 Å². The molecule has 1 aromatic heterocycles. The number of carboxylic acids is 1. The van der Waals surface area contributed by atoms with Crippen LogP contribution in [0.25, 0.3) is 0 Å². The summed E-state index contributed by atoms with van der Waals surface area (Å²) in [6.07, 6.45) is 6.66. The van der Waals surface area contributed by atoms with Crippen LogP contribution in [0.1, 0.15) is 44.5 Å². The van der Waals surface area contributed by atoms with Crippen molar-refractivity contribution < 1.29 is 18.7 Å². The number of rotatable bonds is 5. The predicted octanol–water partition coefficient (Wildman–Crippen LogP) is 2.50. The number of alkyl halides is 2. The third kappa shape index (κ3) is 2.92. The summed E-state index contributed by atoms with van der Waals surface area (Å²) in [7, 11) is 0. The van der Waals surface area contributed by atoms with Gasteiger partial charge in [0.25, 0.3) is 0 Å². The highest BCUT2D eigenvalue weighted by Gasteiger charge is 2.41. The van der Waals surface area contributed by atoms with Gasteiger partial charge in [0.15, 0.2) is 0 Å². The van der Waals surface area contributed by atoms with Crippen LogP contribution in [0.15, 0.2) is 12.4 Å². The summed E-state index contributed by atoms with van der Waals surface area (Å²) < 4.78 is 26.6. The molecule has 2 aliphatic rings. The van der Waals surface area contributed by atoms with Crippen LogP contribution in [0.3, 0.4) is 0 Å². The number of hydrogen-bond donors (Lipinski definition) is 1. The van der Waals surface area contributed by atoms with Crippen LogP contribution in [0.2, 0.25) is 0 Å². The molecule has 0 spiro atoms. The minimum Gasteiger partial charge on any atom is -0.481 e. The lowest BCUT2D eigenvalue weighted by Gasteiger charge is -2.38. The van der Waals surface area contributed by atoms with Crippen molar-refractivity contribution in [3.8, 4) is 0 Å². The van der Waals surface area contributed by atoms with Gasteiger partial charge in [0, 0.05) is 30.9 Å². The molecule has 0 saturated carbocycles. The maximum absolute atomic E-state index is 12.9. The summed E-state index contributed by atoms with van der Waals surface area (Å²) in [6.45, 7) is -2.14. The largest absolute Gasteiger partial charge is 0.481 e. The van der Waals surface area contributed by atoms with E-state index in [1.54, 1.807) is 0 Å². The van der Waals surface area contributed by atoms with Crippen LogP contribution in [0, 0.1) is 5.92 Å². The van der Waals surface area contributed by atoms with E-state index in [1.165, 1.54) is 12.4 Å². The standard InChI is InChI=1S/C14H19F2N3O2/c15-14(16)18-4-3-17-12(18)8-19-10-1-2-11(19)6-9(5-10)7-13(20)21/h3-4,9-11,14H,1-2,5-8H2,(H,20,21). The van der Waals surface area contributed by atoms with Gasteiger partial charge < -0.3 is 5.11 Å². The van der Waals surface area contributed by atoms with E-state index in [-0.39, 0.29) is 12.3 Å². The van der Waals surface area contributed by atoms with E-state index in [2.05, 4.69) is 9.88 Å². The number of nitrogens with zero attached hydrogens (tertiary/aromatic N) is 3. The van der Waals surface area contributed by atoms with E-state index in [9.17, 15) is 13.6 Å². The van der Waals surface area contributed by atoms with Gasteiger partial charge in [-0.05, 0) is 31.6 Å². The molecule has 2 saturated heterocycles. The lowest BCUT2D eigenvalue weighted by atomic mass is 9.88. The van der Waals surface area contributed by atoms with Gasteiger partial charge in [-0.1, -0.05) is 0 Å². The maximum Gasteiger partial charge on any atom is 0.319 e. The zero-order valence-corrected chi connectivity index (χ0v) is 11.7. The van der Waals surface area contributed by atoms with Crippen LogP contribution in [0.4, 0.5) is 8.78 Å². The Morgan fingerprint density at radius 1 is 1.38 bits per heavy atom. The number of piperidine rings is 1. The zero-order valence-electron chi connectivity index (χ0n) is 11.7. The van der Waals surface area contributed by atoms with Gasteiger partial charge in [-0.2, -0.15) is 8.78 Å². The first-order chi connectivity index (χ1) is 10.0. The second-order valence-corrected chi connectivity index (χ2v) is 6.02. The molecule has 3 heterocycles. The molecular formula is C14H19F2N3O2. The summed E-state index contributed by atoms with van der Waals surface area (Å²) in [5, 5.41) is 8.92. The first-order valence-electron chi connectivity index (χ1n) is 7.32. The third-order valence-corrected chi connectivity index (χ3v) is 4.73. The molecule has 1 N–H and O–H groups in total. The average molecular weight is 299 g/mol. The second kappa shape index (κ2) is 5.71. The van der Waals surface area contributed by atoms with E-state index < -0.39 is 12.5 Å². The van der Waals surface area contributed by atoms with Crippen LogP contribution >= 0.6 is 0 Å². The van der Waals surface area contributed by atoms with Gasteiger partial charge in [-0.3, -0.25) is 14.3 Å². The highest BCUT2D eigenvalue weighted by Crippen LogP contribution is 2.40. The van der Waals surface area contributed by atoms with E-state index in [0.29, 0.717) is 24.5 Å². The summed E-state index contributed by atoms with van der Waals surface area (Å²) in [6, 6.07) is 0.604. The highest BCUT2D eigenvalue weighted by atomic mass is 19.3. The second-order valence-electron chi connectivity index (χ2n) is 6.02. The Morgan fingerprint density at radius 3 is 2.62 bits per heavy atom. The van der Waals surface area contributed by atoms with Crippen LogP contribution in [-0.2, 0) is 11.3 Å². The summed E-state index contributed by atoms with van der Waals surface area (Å²) in [5.74, 6) is -0.147. The monoisotopic (exact) mass is 299 g/mol. The molecule has 0 aliphatic carbocycles. The van der Waals surface area contributed by atoms with Crippen molar-refractivity contribution in [1.29, 1.82) is 0 Å². The fourth-order valence-electron chi connectivity index (χ4n) is 3.87. The number of aliphatic carboxylic acids is 1. The van der Waals surface area contributed by atoms with Crippen molar-refractivity contribution in [2.24, 2.45) is 5.92 Å². The van der Waals surface area contributed by atoms with Gasteiger partial charge >= 0.3 is 12.5 Å². The number of fused-ring (bicyclic) bond motifs is 2. The lowest BCUT2D eigenvalue weighted by molar-refractivity contribution is -0.138. The predicted molar refractivity (Wildman–Crippen MR) is 70.8 cm³/mol. The van der Waals surface area contributed by atoms with Crippen molar-refractivity contribution >= 4 is 5.97 Å². The van der Waals surface area contributed by atoms with E-state index in [1.807, 2.05) is 0 Å². The normalized spacial score (nSPS) is 29.2. The van der Waals surface area contributed by atoms with Gasteiger partial charge in [0.2, 0.25) is 0 Å². The lowest BCUT2D eigenvalue weighted by Crippen LogP contribution is -2.43. The minimum atomic E-state index is -2.57. The first-order valence-corrected chi connectivity index (χ1v) is 7.32. The van der Waals surface area contributed by atoms with Gasteiger partial charge in [0.1, 0.15) is 5.82 Å². The van der Waals surface area contributed by atoms with Crippen LogP contribution in [0.5, 0.6) is 0 Å². The van der Waals surface area contributed by atoms with Crippen molar-refractivity contribution in [3.05, 3.63) is 18.2 Å². The molecule has 21 heavy (non-hydrogen) atoms. The molecule has 7 heteroatoms. The molecule has 2 bridgehead atoms. The average Bonchev–Trinajstić information content (AvgIpc) is 2.94. The van der Waals surface area contributed by atoms with E-state index in [0.717, 1.165) is 30.3 Å². The molecule has 3 rings (SSSR count). The quantitative estimate of drug-likeness (QED) is 0.907. The molecule has 1 aromatic rings. The third-order valence-electron chi connectivity index (χ3n) is 4.73. The summed E-state index contributed by atoms with van der Waals surface area (Å²) in [4.78, 5) is 17.1. The molecule has 2 fully saturated rings. The Labute approximate surface area is 121 Å². The van der Waals surface area contributed by atoms with Gasteiger partial charge in [-0.15, -0.1) is 0 Å². The Kier molecular flexibility index (Phi) is 3.93. The SMILES string of the molecule is O=C(O)CC1CC2CCC(C1)N2Cc1nccn1C(F)F. The Hall–Kier alpha value is -1.50. The number of carbonyl (C=O) groups is 1. The molecular weight excluding hydrogens is 280 g/mol. The molecule has 0 radical (unpaired) electrons. The van der Waals surface area contributed by atoms with Crippen molar-refractivity contribution in [2.75, 3.05) is 0 Å². The molecule has 2 unspecified atom stereocenters. The number of carboxylic acid groups (broad SMARTS) is 1. The number of hydrogen-bond acceptors (Lipinski definition) is 3. The molecule has 0 amide bonds. The smallest absolute Gasteiger partial charge is 0.319 e. The Bertz CT molecular complexity index is 506. The highest BCUT2D eigenvalue weighted by molar-refractivity contribution is 5.67. The first kappa shape index (κ1) is 14.4. The minimum absolute atomic E-state index is 0.214. The maximum atomic E-state index is 12.9. The molecule has 2 atom stereocenters. The van der Waals surface area contributed by atoms with Crippen molar-refractivity contribution in [3.63, 3.8) is 0 Å². The zero-order chi connectivity index (χ0) is 15.0. The number of imidazole rings is 1. The fraction of sp³-hybridized carbons (Fsp3) is 0.714. The topological polar surface area (TPSA) is 58.4 Å². The van der Waals surface area contributed by atoms with Gasteiger partial charge in [-0.25, -0.2) is 4.98 Å². The molecule has 116 valence electrons. The van der Waals surface area contributed by atoms with E-state index in [4.69, 9.17) is 5.11 Å². The summed E-state index contributed by atoms with van der Waals surface area (Å²) in [5.41, 5.74) is 0. The van der Waals surface area contributed by atoms with Crippen LogP contribution < -0.4 is 0 Å². The molecule has 0 aromatic carbocycles. The fourth-order valence-corrected chi connectivity index (χ4v) is 3.87. The van der Waals surface area contributed by atoms with Gasteiger partial charge in [0.05, 0.1) is 6.54 Å². The number of halogens is 2. The van der Waals surface area contributed by atoms with Crippen LogP contribution in [-0.4, -0.2) is 37.6 Å². The van der Waals surface area contributed by atoms with E-state index >= 15 is 0 Å². The Morgan fingerprint density at radius 2 is 2.05 bits per heavy atom. The number of aromatic nitrogens is 2.